The minimum atomic E-state index is -0.448. The highest BCUT2D eigenvalue weighted by Crippen LogP contribution is 2.27. The van der Waals surface area contributed by atoms with Crippen LogP contribution in [0.15, 0.2) is 30.3 Å². The van der Waals surface area contributed by atoms with E-state index in [-0.39, 0.29) is 6.09 Å². The quantitative estimate of drug-likeness (QED) is 0.892. The summed E-state index contributed by atoms with van der Waals surface area (Å²) in [6.07, 6.45) is -0.337. The Hall–Kier alpha value is -1.55. The average molecular weight is 276 g/mol. The van der Waals surface area contributed by atoms with Crippen molar-refractivity contribution in [2.45, 2.75) is 32.3 Å². The van der Waals surface area contributed by atoms with Gasteiger partial charge in [0.1, 0.15) is 5.60 Å². The van der Waals surface area contributed by atoms with Crippen molar-refractivity contribution >= 4 is 6.09 Å². The zero-order valence-corrected chi connectivity index (χ0v) is 12.5. The molecule has 110 valence electrons. The number of carbonyl (C=O) groups excluding carboxylic acids is 1. The number of nitrogens with one attached hydrogen (secondary N) is 2. The molecule has 2 atom stereocenters. The summed E-state index contributed by atoms with van der Waals surface area (Å²) in [6, 6.07) is 10.5. The van der Waals surface area contributed by atoms with Crippen molar-refractivity contribution in [1.29, 1.82) is 0 Å². The predicted octanol–water partition coefficient (Wildman–Crippen LogP) is 2.51. The summed E-state index contributed by atoms with van der Waals surface area (Å²) in [7, 11) is 0. The van der Waals surface area contributed by atoms with Crippen LogP contribution in [-0.2, 0) is 4.74 Å². The molecule has 1 aliphatic heterocycles. The van der Waals surface area contributed by atoms with Gasteiger partial charge in [-0.3, -0.25) is 0 Å². The molecule has 2 N–H and O–H groups in total. The molecule has 0 radical (unpaired) electrons. The zero-order chi connectivity index (χ0) is 14.6. The molecule has 1 aromatic rings. The lowest BCUT2D eigenvalue weighted by atomic mass is 9.89. The second-order valence-electron chi connectivity index (χ2n) is 6.32. The smallest absolute Gasteiger partial charge is 0.407 e. The molecule has 1 aliphatic rings. The van der Waals surface area contributed by atoms with E-state index in [1.54, 1.807) is 0 Å². The molecule has 0 aliphatic carbocycles. The Kier molecular flexibility index (Phi) is 4.65. The molecule has 1 fully saturated rings. The Balaban J connectivity index is 1.88. The van der Waals surface area contributed by atoms with E-state index in [0.717, 1.165) is 13.1 Å². The number of rotatable bonds is 3. The topological polar surface area (TPSA) is 50.4 Å². The van der Waals surface area contributed by atoms with E-state index in [9.17, 15) is 4.79 Å². The third-order valence-corrected chi connectivity index (χ3v) is 3.48. The molecule has 1 aromatic carbocycles. The van der Waals surface area contributed by atoms with E-state index in [1.165, 1.54) is 5.56 Å². The van der Waals surface area contributed by atoms with Crippen LogP contribution in [0, 0.1) is 5.92 Å². The van der Waals surface area contributed by atoms with Crippen molar-refractivity contribution in [3.63, 3.8) is 0 Å². The first kappa shape index (κ1) is 14.9. The fourth-order valence-corrected chi connectivity index (χ4v) is 2.57. The van der Waals surface area contributed by atoms with Gasteiger partial charge in [-0.1, -0.05) is 30.3 Å². The Morgan fingerprint density at radius 3 is 2.65 bits per heavy atom. The normalized spacial score (nSPS) is 22.6. The summed E-state index contributed by atoms with van der Waals surface area (Å²) in [5.74, 6) is 0.857. The largest absolute Gasteiger partial charge is 0.444 e. The lowest BCUT2D eigenvalue weighted by Gasteiger charge is -2.22. The molecule has 4 heteroatoms. The van der Waals surface area contributed by atoms with Gasteiger partial charge < -0.3 is 15.4 Å². The number of carbonyl (C=O) groups is 1. The maximum Gasteiger partial charge on any atom is 0.407 e. The lowest BCUT2D eigenvalue weighted by Crippen LogP contribution is -2.36. The van der Waals surface area contributed by atoms with Gasteiger partial charge in [-0.05, 0) is 32.3 Å². The van der Waals surface area contributed by atoms with Crippen molar-refractivity contribution in [3.8, 4) is 0 Å². The first-order chi connectivity index (χ1) is 9.46. The van der Waals surface area contributed by atoms with E-state index in [1.807, 2.05) is 26.8 Å². The van der Waals surface area contributed by atoms with Crippen LogP contribution < -0.4 is 10.6 Å². The van der Waals surface area contributed by atoms with Gasteiger partial charge >= 0.3 is 6.09 Å². The van der Waals surface area contributed by atoms with Crippen molar-refractivity contribution in [3.05, 3.63) is 35.9 Å². The highest BCUT2D eigenvalue weighted by molar-refractivity contribution is 5.67. The van der Waals surface area contributed by atoms with Crippen LogP contribution in [0.5, 0.6) is 0 Å². The van der Waals surface area contributed by atoms with Gasteiger partial charge in [0.05, 0.1) is 0 Å². The van der Waals surface area contributed by atoms with Crippen LogP contribution in [0.25, 0.3) is 0 Å². The number of alkyl carbamates (subject to hydrolysis) is 1. The van der Waals surface area contributed by atoms with E-state index in [4.69, 9.17) is 4.74 Å². The minimum Gasteiger partial charge on any atom is -0.444 e. The lowest BCUT2D eigenvalue weighted by molar-refractivity contribution is 0.0519. The van der Waals surface area contributed by atoms with Gasteiger partial charge in [-0.2, -0.15) is 0 Å². The molecular formula is C16H24N2O2. The molecule has 0 aromatic heterocycles. The average Bonchev–Trinajstić information content (AvgIpc) is 2.83. The monoisotopic (exact) mass is 276 g/mol. The van der Waals surface area contributed by atoms with Gasteiger partial charge in [0.15, 0.2) is 0 Å². The Morgan fingerprint density at radius 2 is 2.00 bits per heavy atom. The SMILES string of the molecule is CC(C)(C)OC(=O)NC[C@@H]1CNC[C@H]1c1ccccc1. The molecule has 4 nitrogen and oxygen atoms in total. The molecule has 0 bridgehead atoms. The molecule has 0 spiro atoms. The molecule has 0 saturated carbocycles. The maximum absolute atomic E-state index is 11.7. The number of amides is 1. The summed E-state index contributed by atoms with van der Waals surface area (Å²) in [5, 5.41) is 6.28. The number of benzene rings is 1. The summed E-state index contributed by atoms with van der Waals surface area (Å²) in [6.45, 7) is 8.14. The van der Waals surface area contributed by atoms with Crippen molar-refractivity contribution in [1.82, 2.24) is 10.6 Å². The molecular weight excluding hydrogens is 252 g/mol. The van der Waals surface area contributed by atoms with Crippen molar-refractivity contribution in [2.75, 3.05) is 19.6 Å². The Morgan fingerprint density at radius 1 is 1.30 bits per heavy atom. The molecule has 2 rings (SSSR count). The van der Waals surface area contributed by atoms with Gasteiger partial charge in [-0.15, -0.1) is 0 Å². The second kappa shape index (κ2) is 6.27. The van der Waals surface area contributed by atoms with Gasteiger partial charge in [0.25, 0.3) is 0 Å². The molecule has 1 saturated heterocycles. The third-order valence-electron chi connectivity index (χ3n) is 3.48. The summed E-state index contributed by atoms with van der Waals surface area (Å²) < 4.78 is 5.27. The standard InChI is InChI=1S/C16H24N2O2/c1-16(2,3)20-15(19)18-10-13-9-17-11-14(13)12-7-5-4-6-8-12/h4-8,13-14,17H,9-11H2,1-3H3,(H,18,19)/t13-,14-/m0/s1. The van der Waals surface area contributed by atoms with E-state index in [2.05, 4.69) is 34.9 Å². The van der Waals surface area contributed by atoms with Gasteiger partial charge in [0.2, 0.25) is 0 Å². The molecule has 20 heavy (non-hydrogen) atoms. The highest BCUT2D eigenvalue weighted by atomic mass is 16.6. The fourth-order valence-electron chi connectivity index (χ4n) is 2.57. The van der Waals surface area contributed by atoms with Crippen molar-refractivity contribution < 1.29 is 9.53 Å². The summed E-state index contributed by atoms with van der Waals surface area (Å²) >= 11 is 0. The van der Waals surface area contributed by atoms with E-state index >= 15 is 0 Å². The summed E-state index contributed by atoms with van der Waals surface area (Å²) in [5.41, 5.74) is 0.880. The van der Waals surface area contributed by atoms with Gasteiger partial charge in [0, 0.05) is 25.6 Å². The van der Waals surface area contributed by atoms with Crippen LogP contribution in [0.3, 0.4) is 0 Å². The maximum atomic E-state index is 11.7. The molecule has 1 heterocycles. The van der Waals surface area contributed by atoms with Crippen LogP contribution in [-0.4, -0.2) is 31.3 Å². The number of hydrogen-bond acceptors (Lipinski definition) is 3. The summed E-state index contributed by atoms with van der Waals surface area (Å²) in [4.78, 5) is 11.7. The van der Waals surface area contributed by atoms with Gasteiger partial charge in [-0.25, -0.2) is 4.79 Å². The Bertz CT molecular complexity index is 440. The van der Waals surface area contributed by atoms with Crippen molar-refractivity contribution in [2.24, 2.45) is 5.92 Å². The second-order valence-corrected chi connectivity index (χ2v) is 6.32. The molecule has 1 amide bonds. The van der Waals surface area contributed by atoms with E-state index in [0.29, 0.717) is 18.4 Å². The van der Waals surface area contributed by atoms with Crippen LogP contribution in [0.1, 0.15) is 32.3 Å². The number of ether oxygens (including phenoxy) is 1. The van der Waals surface area contributed by atoms with Crippen LogP contribution in [0.4, 0.5) is 4.79 Å². The minimum absolute atomic E-state index is 0.337. The fraction of sp³-hybridized carbons (Fsp3) is 0.562. The molecule has 0 unspecified atom stereocenters. The number of hydrogen-bond donors (Lipinski definition) is 2. The van der Waals surface area contributed by atoms with Crippen LogP contribution >= 0.6 is 0 Å². The predicted molar refractivity (Wildman–Crippen MR) is 79.8 cm³/mol. The third kappa shape index (κ3) is 4.23. The highest BCUT2D eigenvalue weighted by Gasteiger charge is 2.29. The first-order valence-corrected chi connectivity index (χ1v) is 7.18. The van der Waals surface area contributed by atoms with E-state index < -0.39 is 5.60 Å². The Labute approximate surface area is 120 Å². The van der Waals surface area contributed by atoms with Crippen LogP contribution in [0.2, 0.25) is 0 Å². The first-order valence-electron chi connectivity index (χ1n) is 7.18. The zero-order valence-electron chi connectivity index (χ0n) is 12.5.